The molecule has 18 heavy (non-hydrogen) atoms. The molecule has 0 fully saturated rings. The zero-order valence-electron chi connectivity index (χ0n) is 9.80. The summed E-state index contributed by atoms with van der Waals surface area (Å²) < 4.78 is 42.5. The first-order valence-electron chi connectivity index (χ1n) is 5.20. The highest BCUT2D eigenvalue weighted by atomic mass is 19.4. The molecule has 0 bridgehead atoms. The number of rotatable bonds is 2. The van der Waals surface area contributed by atoms with Gasteiger partial charge >= 0.3 is 6.18 Å². The van der Waals surface area contributed by atoms with Gasteiger partial charge < -0.3 is 9.72 Å². The standard InChI is InChI=1S/C12H11F3N2O/c1-7-10(17-11(16-7)12(13,14)15)8-3-5-9(18-2)6-4-8/h3-6H,1-2H3,(H,16,17). The molecule has 0 amide bonds. The van der Waals surface area contributed by atoms with Crippen molar-refractivity contribution in [3.63, 3.8) is 0 Å². The molecule has 0 saturated carbocycles. The first-order valence-corrected chi connectivity index (χ1v) is 5.20. The largest absolute Gasteiger partial charge is 0.497 e. The van der Waals surface area contributed by atoms with Gasteiger partial charge in [-0.15, -0.1) is 0 Å². The maximum absolute atomic E-state index is 12.5. The van der Waals surface area contributed by atoms with E-state index in [1.54, 1.807) is 31.2 Å². The smallest absolute Gasteiger partial charge is 0.449 e. The van der Waals surface area contributed by atoms with Gasteiger partial charge in [-0.1, -0.05) is 0 Å². The SMILES string of the molecule is COc1ccc(-c2nc(C(F)(F)F)[nH]c2C)cc1. The van der Waals surface area contributed by atoms with Crippen molar-refractivity contribution < 1.29 is 17.9 Å². The summed E-state index contributed by atoms with van der Waals surface area (Å²) in [5.74, 6) is -0.339. The number of hydrogen-bond acceptors (Lipinski definition) is 2. The van der Waals surface area contributed by atoms with Crippen LogP contribution in [0.2, 0.25) is 0 Å². The summed E-state index contributed by atoms with van der Waals surface area (Å²) in [6.07, 6.45) is -4.46. The summed E-state index contributed by atoms with van der Waals surface area (Å²) in [4.78, 5) is 5.83. The van der Waals surface area contributed by atoms with Crippen molar-refractivity contribution in [3.05, 3.63) is 35.8 Å². The zero-order chi connectivity index (χ0) is 13.3. The fourth-order valence-electron chi connectivity index (χ4n) is 1.62. The number of alkyl halides is 3. The maximum atomic E-state index is 12.5. The number of H-pyrrole nitrogens is 1. The second-order valence-electron chi connectivity index (χ2n) is 3.79. The fourth-order valence-corrected chi connectivity index (χ4v) is 1.62. The van der Waals surface area contributed by atoms with Gasteiger partial charge in [0.25, 0.3) is 0 Å². The van der Waals surface area contributed by atoms with Gasteiger partial charge in [-0.25, -0.2) is 4.98 Å². The Morgan fingerprint density at radius 2 is 1.78 bits per heavy atom. The van der Waals surface area contributed by atoms with Crippen LogP contribution in [0.1, 0.15) is 11.5 Å². The van der Waals surface area contributed by atoms with Gasteiger partial charge in [0.1, 0.15) is 5.75 Å². The summed E-state index contributed by atoms with van der Waals surface area (Å²) in [6, 6.07) is 6.69. The Hall–Kier alpha value is -1.98. The number of aryl methyl sites for hydroxylation is 1. The number of ether oxygens (including phenoxy) is 1. The van der Waals surface area contributed by atoms with Crippen LogP contribution in [-0.4, -0.2) is 17.1 Å². The van der Waals surface area contributed by atoms with Gasteiger partial charge in [0.05, 0.1) is 12.8 Å². The molecule has 0 saturated heterocycles. The molecule has 0 unspecified atom stereocenters. The van der Waals surface area contributed by atoms with Gasteiger partial charge in [0.15, 0.2) is 0 Å². The molecule has 2 rings (SSSR count). The number of nitrogens with zero attached hydrogens (tertiary/aromatic N) is 1. The summed E-state index contributed by atoms with van der Waals surface area (Å²) in [5, 5.41) is 0. The van der Waals surface area contributed by atoms with Crippen LogP contribution in [0.15, 0.2) is 24.3 Å². The lowest BCUT2D eigenvalue weighted by Crippen LogP contribution is -2.07. The van der Waals surface area contributed by atoms with Gasteiger partial charge in [0, 0.05) is 11.3 Å². The Balaban J connectivity index is 2.41. The lowest BCUT2D eigenvalue weighted by atomic mass is 10.1. The van der Waals surface area contributed by atoms with E-state index in [0.29, 0.717) is 22.7 Å². The minimum Gasteiger partial charge on any atom is -0.497 e. The molecular weight excluding hydrogens is 245 g/mol. The molecule has 96 valence electrons. The summed E-state index contributed by atoms with van der Waals surface area (Å²) in [7, 11) is 1.52. The zero-order valence-corrected chi connectivity index (χ0v) is 9.80. The fraction of sp³-hybridized carbons (Fsp3) is 0.250. The molecule has 1 aromatic carbocycles. The third kappa shape index (κ3) is 2.32. The van der Waals surface area contributed by atoms with Crippen molar-refractivity contribution in [2.75, 3.05) is 7.11 Å². The van der Waals surface area contributed by atoms with E-state index in [9.17, 15) is 13.2 Å². The molecule has 0 atom stereocenters. The lowest BCUT2D eigenvalue weighted by Gasteiger charge is -2.02. The van der Waals surface area contributed by atoms with Crippen LogP contribution in [0.3, 0.4) is 0 Å². The maximum Gasteiger partial charge on any atom is 0.449 e. The number of imidazole rings is 1. The minimum absolute atomic E-state index is 0.296. The highest BCUT2D eigenvalue weighted by Crippen LogP contribution is 2.31. The molecule has 1 N–H and O–H groups in total. The number of aromatic amines is 1. The number of halogens is 3. The van der Waals surface area contributed by atoms with Crippen LogP contribution in [0.4, 0.5) is 13.2 Å². The first-order chi connectivity index (χ1) is 8.41. The van der Waals surface area contributed by atoms with E-state index in [4.69, 9.17) is 4.74 Å². The Bertz CT molecular complexity index is 543. The number of aromatic nitrogens is 2. The molecule has 3 nitrogen and oxygen atoms in total. The average molecular weight is 256 g/mol. The monoisotopic (exact) mass is 256 g/mol. The van der Waals surface area contributed by atoms with E-state index in [1.165, 1.54) is 7.11 Å². The van der Waals surface area contributed by atoms with Crippen LogP contribution in [0.5, 0.6) is 5.75 Å². The van der Waals surface area contributed by atoms with Gasteiger partial charge in [-0.2, -0.15) is 13.2 Å². The molecule has 0 aliphatic carbocycles. The Kier molecular flexibility index (Phi) is 3.02. The summed E-state index contributed by atoms with van der Waals surface area (Å²) in [5.41, 5.74) is 1.29. The van der Waals surface area contributed by atoms with Crippen molar-refractivity contribution in [1.29, 1.82) is 0 Å². The average Bonchev–Trinajstić information content (AvgIpc) is 2.71. The van der Waals surface area contributed by atoms with Crippen molar-refractivity contribution >= 4 is 0 Å². The molecule has 2 aromatic rings. The van der Waals surface area contributed by atoms with Crippen molar-refractivity contribution in [3.8, 4) is 17.0 Å². The third-order valence-electron chi connectivity index (χ3n) is 2.52. The van der Waals surface area contributed by atoms with E-state index in [-0.39, 0.29) is 0 Å². The molecule has 6 heteroatoms. The van der Waals surface area contributed by atoms with E-state index >= 15 is 0 Å². The summed E-state index contributed by atoms with van der Waals surface area (Å²) in [6.45, 7) is 1.56. The van der Waals surface area contributed by atoms with Crippen LogP contribution < -0.4 is 4.74 Å². The lowest BCUT2D eigenvalue weighted by molar-refractivity contribution is -0.144. The van der Waals surface area contributed by atoms with Gasteiger partial charge in [0.2, 0.25) is 5.82 Å². The molecule has 0 radical (unpaired) electrons. The van der Waals surface area contributed by atoms with E-state index < -0.39 is 12.0 Å². The molecule has 1 aromatic heterocycles. The number of nitrogens with one attached hydrogen (secondary N) is 1. The number of methoxy groups -OCH3 is 1. The topological polar surface area (TPSA) is 37.9 Å². The van der Waals surface area contributed by atoms with E-state index in [2.05, 4.69) is 9.97 Å². The van der Waals surface area contributed by atoms with Crippen LogP contribution in [0, 0.1) is 6.92 Å². The molecule has 1 heterocycles. The quantitative estimate of drug-likeness (QED) is 0.894. The van der Waals surface area contributed by atoms with Gasteiger partial charge in [-0.05, 0) is 31.2 Å². The Morgan fingerprint density at radius 1 is 1.17 bits per heavy atom. The van der Waals surface area contributed by atoms with Crippen molar-refractivity contribution in [2.45, 2.75) is 13.1 Å². The number of hydrogen-bond donors (Lipinski definition) is 1. The minimum atomic E-state index is -4.46. The predicted molar refractivity (Wildman–Crippen MR) is 60.3 cm³/mol. The highest BCUT2D eigenvalue weighted by Gasteiger charge is 2.35. The van der Waals surface area contributed by atoms with Crippen molar-refractivity contribution in [2.24, 2.45) is 0 Å². The number of benzene rings is 1. The summed E-state index contributed by atoms with van der Waals surface area (Å²) >= 11 is 0. The normalized spacial score (nSPS) is 11.6. The van der Waals surface area contributed by atoms with Crippen LogP contribution in [-0.2, 0) is 6.18 Å². The van der Waals surface area contributed by atoms with Crippen LogP contribution >= 0.6 is 0 Å². The molecule has 0 aliphatic rings. The van der Waals surface area contributed by atoms with Crippen molar-refractivity contribution in [1.82, 2.24) is 9.97 Å². The second kappa shape index (κ2) is 4.36. The molecular formula is C12H11F3N2O. The van der Waals surface area contributed by atoms with E-state index in [0.717, 1.165) is 0 Å². The second-order valence-corrected chi connectivity index (χ2v) is 3.79. The Labute approximate surface area is 102 Å². The van der Waals surface area contributed by atoms with Crippen LogP contribution in [0.25, 0.3) is 11.3 Å². The molecule has 0 aliphatic heterocycles. The van der Waals surface area contributed by atoms with E-state index in [1.807, 2.05) is 0 Å². The predicted octanol–water partition coefficient (Wildman–Crippen LogP) is 3.41. The Morgan fingerprint density at radius 3 is 2.22 bits per heavy atom. The third-order valence-corrected chi connectivity index (χ3v) is 2.52. The first kappa shape index (κ1) is 12.5. The van der Waals surface area contributed by atoms with Gasteiger partial charge in [-0.3, -0.25) is 0 Å². The highest BCUT2D eigenvalue weighted by molar-refractivity contribution is 5.62. The molecule has 0 spiro atoms.